The third-order valence-electron chi connectivity index (χ3n) is 9.73. The predicted molar refractivity (Wildman–Crippen MR) is 122 cm³/mol. The molecular formula is C27H44O3. The number of rotatable bonds is 8. The molecule has 0 aromatic carbocycles. The van der Waals surface area contributed by atoms with Crippen LogP contribution in [0.3, 0.4) is 0 Å². The van der Waals surface area contributed by atoms with Gasteiger partial charge in [0.2, 0.25) is 0 Å². The van der Waals surface area contributed by atoms with E-state index in [2.05, 4.69) is 40.7 Å². The van der Waals surface area contributed by atoms with Crippen LogP contribution in [0.4, 0.5) is 0 Å². The minimum absolute atomic E-state index is 0.00923. The van der Waals surface area contributed by atoms with E-state index in [0.29, 0.717) is 24.2 Å². The van der Waals surface area contributed by atoms with Crippen LogP contribution in [0.5, 0.6) is 0 Å². The Balaban J connectivity index is 1.79. The molecule has 0 aliphatic heterocycles. The molecule has 3 nitrogen and oxygen atoms in total. The average Bonchev–Trinajstić information content (AvgIpc) is 3.04. The molecule has 3 rings (SSSR count). The Morgan fingerprint density at radius 1 is 1.07 bits per heavy atom. The smallest absolute Gasteiger partial charge is 0.307 e. The molecule has 0 aromatic rings. The molecule has 2 fully saturated rings. The predicted octanol–water partition coefficient (Wildman–Crippen LogP) is 6.76. The van der Waals surface area contributed by atoms with E-state index in [-0.39, 0.29) is 28.6 Å². The molecule has 1 N–H and O–H groups in total. The number of aliphatic carboxylic acids is 1. The molecule has 3 heteroatoms. The Hall–Kier alpha value is -1.12. The van der Waals surface area contributed by atoms with Crippen LogP contribution in [0, 0.1) is 52.3 Å². The summed E-state index contributed by atoms with van der Waals surface area (Å²) in [7, 11) is 0. The molecule has 2 saturated carbocycles. The van der Waals surface area contributed by atoms with Crippen LogP contribution < -0.4 is 0 Å². The van der Waals surface area contributed by atoms with E-state index in [0.717, 1.165) is 31.6 Å². The number of aldehydes is 1. The number of carboxylic acids is 1. The van der Waals surface area contributed by atoms with Gasteiger partial charge in [-0.1, -0.05) is 66.0 Å². The van der Waals surface area contributed by atoms with E-state index in [1.54, 1.807) is 0 Å². The fourth-order valence-corrected chi connectivity index (χ4v) is 7.95. The van der Waals surface area contributed by atoms with Gasteiger partial charge in [-0.3, -0.25) is 4.79 Å². The van der Waals surface area contributed by atoms with E-state index in [4.69, 9.17) is 0 Å². The minimum atomic E-state index is -0.692. The van der Waals surface area contributed by atoms with Crippen molar-refractivity contribution in [2.75, 3.05) is 0 Å². The van der Waals surface area contributed by atoms with E-state index < -0.39 is 5.97 Å². The number of carbonyl (C=O) groups is 2. The molecule has 3 aliphatic carbocycles. The standard InChI is InChI=1S/C27H44O3/c1-18(2)9-8-10-19(3)21-12-13-22-20(17-28)23(14-16-27(21,22)5)26(4)15-7-6-11-24(26)25(29)30/h6-7,17-24H,8-16H2,1-5H3,(H,29,30)/t19-,20?,21-,22+,23?,24-,26-,27-/m1/s1. The highest BCUT2D eigenvalue weighted by atomic mass is 16.4. The molecule has 2 unspecified atom stereocenters. The number of fused-ring (bicyclic) bond motifs is 1. The quantitative estimate of drug-likeness (QED) is 0.351. The van der Waals surface area contributed by atoms with Crippen LogP contribution >= 0.6 is 0 Å². The summed E-state index contributed by atoms with van der Waals surface area (Å²) in [5.74, 6) is 1.74. The van der Waals surface area contributed by atoms with Gasteiger partial charge in [0.1, 0.15) is 6.29 Å². The monoisotopic (exact) mass is 416 g/mol. The van der Waals surface area contributed by atoms with Gasteiger partial charge in [0.05, 0.1) is 5.92 Å². The van der Waals surface area contributed by atoms with Gasteiger partial charge in [-0.15, -0.1) is 0 Å². The molecule has 30 heavy (non-hydrogen) atoms. The first-order valence-corrected chi connectivity index (χ1v) is 12.5. The maximum atomic E-state index is 12.5. The summed E-state index contributed by atoms with van der Waals surface area (Å²) in [5.41, 5.74) is -0.0760. The molecule has 0 heterocycles. The Kier molecular flexibility index (Phi) is 7.19. The van der Waals surface area contributed by atoms with Crippen LogP contribution in [0.25, 0.3) is 0 Å². The zero-order chi connectivity index (χ0) is 22.1. The van der Waals surface area contributed by atoms with E-state index in [1.807, 2.05) is 6.08 Å². The molecule has 0 amide bonds. The van der Waals surface area contributed by atoms with Crippen molar-refractivity contribution in [1.29, 1.82) is 0 Å². The van der Waals surface area contributed by atoms with Crippen molar-refractivity contribution >= 4 is 12.3 Å². The lowest BCUT2D eigenvalue weighted by atomic mass is 9.49. The van der Waals surface area contributed by atoms with Gasteiger partial charge in [0.25, 0.3) is 0 Å². The van der Waals surface area contributed by atoms with E-state index in [1.165, 1.54) is 32.0 Å². The molecule has 0 spiro atoms. The van der Waals surface area contributed by atoms with Crippen molar-refractivity contribution < 1.29 is 14.7 Å². The van der Waals surface area contributed by atoms with Crippen molar-refractivity contribution in [1.82, 2.24) is 0 Å². The number of carboxylic acid groups (broad SMARTS) is 1. The zero-order valence-corrected chi connectivity index (χ0v) is 19.9. The Morgan fingerprint density at radius 3 is 2.40 bits per heavy atom. The van der Waals surface area contributed by atoms with Crippen molar-refractivity contribution in [3.8, 4) is 0 Å². The summed E-state index contributed by atoms with van der Waals surface area (Å²) in [6.07, 6.45) is 15.2. The first-order chi connectivity index (χ1) is 14.1. The topological polar surface area (TPSA) is 54.4 Å². The van der Waals surface area contributed by atoms with Crippen LogP contribution in [-0.4, -0.2) is 17.4 Å². The van der Waals surface area contributed by atoms with Crippen molar-refractivity contribution in [2.45, 2.75) is 92.4 Å². The van der Waals surface area contributed by atoms with Crippen LogP contribution in [0.1, 0.15) is 92.4 Å². The number of allylic oxidation sites excluding steroid dienone is 2. The average molecular weight is 417 g/mol. The Labute approximate surface area is 184 Å². The summed E-state index contributed by atoms with van der Waals surface area (Å²) in [4.78, 5) is 24.5. The molecule has 0 bridgehead atoms. The maximum Gasteiger partial charge on any atom is 0.307 e. The Bertz CT molecular complexity index is 652. The van der Waals surface area contributed by atoms with Crippen molar-refractivity contribution in [3.05, 3.63) is 12.2 Å². The maximum absolute atomic E-state index is 12.5. The van der Waals surface area contributed by atoms with Gasteiger partial charge in [-0.2, -0.15) is 0 Å². The van der Waals surface area contributed by atoms with Gasteiger partial charge >= 0.3 is 5.97 Å². The van der Waals surface area contributed by atoms with E-state index in [9.17, 15) is 14.7 Å². The molecule has 170 valence electrons. The zero-order valence-electron chi connectivity index (χ0n) is 19.9. The fourth-order valence-electron chi connectivity index (χ4n) is 7.95. The molecule has 0 saturated heterocycles. The molecular weight excluding hydrogens is 372 g/mol. The number of hydrogen-bond donors (Lipinski definition) is 1. The molecule has 3 aliphatic rings. The second kappa shape index (κ2) is 9.17. The first-order valence-electron chi connectivity index (χ1n) is 12.5. The van der Waals surface area contributed by atoms with Gasteiger partial charge in [-0.25, -0.2) is 0 Å². The van der Waals surface area contributed by atoms with E-state index >= 15 is 0 Å². The molecule has 8 atom stereocenters. The number of carbonyl (C=O) groups excluding carboxylic acids is 1. The highest BCUT2D eigenvalue weighted by molar-refractivity contribution is 5.72. The summed E-state index contributed by atoms with van der Waals surface area (Å²) in [5, 5.41) is 9.92. The number of hydrogen-bond acceptors (Lipinski definition) is 2. The van der Waals surface area contributed by atoms with Crippen LogP contribution in [0.2, 0.25) is 0 Å². The largest absolute Gasteiger partial charge is 0.481 e. The van der Waals surface area contributed by atoms with Crippen LogP contribution in [0.15, 0.2) is 12.2 Å². The van der Waals surface area contributed by atoms with Gasteiger partial charge in [0.15, 0.2) is 0 Å². The lowest BCUT2D eigenvalue weighted by Crippen LogP contribution is -2.51. The second-order valence-electron chi connectivity index (χ2n) is 11.8. The second-order valence-corrected chi connectivity index (χ2v) is 11.8. The minimum Gasteiger partial charge on any atom is -0.481 e. The third-order valence-corrected chi connectivity index (χ3v) is 9.73. The van der Waals surface area contributed by atoms with Gasteiger partial charge < -0.3 is 9.90 Å². The van der Waals surface area contributed by atoms with Crippen molar-refractivity contribution in [3.63, 3.8) is 0 Å². The van der Waals surface area contributed by atoms with Gasteiger partial charge in [0, 0.05) is 5.92 Å². The summed E-state index contributed by atoms with van der Waals surface area (Å²) < 4.78 is 0. The lowest BCUT2D eigenvalue weighted by molar-refractivity contribution is -0.153. The van der Waals surface area contributed by atoms with Gasteiger partial charge in [-0.05, 0) is 78.9 Å². The lowest BCUT2D eigenvalue weighted by Gasteiger charge is -2.54. The van der Waals surface area contributed by atoms with Crippen molar-refractivity contribution in [2.24, 2.45) is 52.3 Å². The fraction of sp³-hybridized carbons (Fsp3) is 0.852. The highest BCUT2D eigenvalue weighted by Crippen LogP contribution is 2.64. The first kappa shape index (κ1) is 23.5. The normalized spacial score (nSPS) is 42.1. The Morgan fingerprint density at radius 2 is 1.77 bits per heavy atom. The third kappa shape index (κ3) is 4.15. The highest BCUT2D eigenvalue weighted by Gasteiger charge is 2.59. The molecule has 0 aromatic heterocycles. The summed E-state index contributed by atoms with van der Waals surface area (Å²) in [6.45, 7) is 11.7. The van der Waals surface area contributed by atoms with Crippen LogP contribution in [-0.2, 0) is 9.59 Å². The SMILES string of the molecule is CC(C)CCC[C@@H](C)[C@H]1CC[C@H]2C(C=O)C([C@@]3(C)CC=CC[C@@H]3C(=O)O)CC[C@]12C. The summed E-state index contributed by atoms with van der Waals surface area (Å²) in [6, 6.07) is 0. The summed E-state index contributed by atoms with van der Waals surface area (Å²) >= 11 is 0. The molecule has 0 radical (unpaired) electrons.